The van der Waals surface area contributed by atoms with Gasteiger partial charge in [0.2, 0.25) is 0 Å². The molecule has 23 heavy (non-hydrogen) atoms. The summed E-state index contributed by atoms with van der Waals surface area (Å²) in [6.45, 7) is 8.70. The minimum absolute atomic E-state index is 0.164. The van der Waals surface area contributed by atoms with Crippen molar-refractivity contribution in [3.8, 4) is 0 Å². The summed E-state index contributed by atoms with van der Waals surface area (Å²) in [4.78, 5) is 17.4. The van der Waals surface area contributed by atoms with E-state index < -0.39 is 5.66 Å². The average Bonchev–Trinajstić information content (AvgIpc) is 2.86. The van der Waals surface area contributed by atoms with Gasteiger partial charge in [-0.25, -0.2) is 0 Å². The molecule has 2 aromatic rings. The highest BCUT2D eigenvalue weighted by atomic mass is 16.2. The van der Waals surface area contributed by atoms with E-state index in [-0.39, 0.29) is 17.4 Å². The van der Waals surface area contributed by atoms with Gasteiger partial charge in [0.25, 0.3) is 5.91 Å². The lowest BCUT2D eigenvalue weighted by Crippen LogP contribution is -2.60. The van der Waals surface area contributed by atoms with Gasteiger partial charge in [-0.2, -0.15) is 0 Å². The number of anilines is 2. The summed E-state index contributed by atoms with van der Waals surface area (Å²) in [5, 5.41) is 0. The first kappa shape index (κ1) is 14.3. The molecule has 0 saturated carbocycles. The monoisotopic (exact) mass is 306 g/mol. The van der Waals surface area contributed by atoms with Crippen molar-refractivity contribution in [3.63, 3.8) is 0 Å². The molecule has 1 fully saturated rings. The van der Waals surface area contributed by atoms with Gasteiger partial charge in [0.15, 0.2) is 0 Å². The molecule has 0 aliphatic carbocycles. The van der Waals surface area contributed by atoms with Gasteiger partial charge in [0.1, 0.15) is 11.7 Å². The van der Waals surface area contributed by atoms with Crippen LogP contribution in [0.15, 0.2) is 54.6 Å². The molecule has 1 amide bonds. The molecular weight excluding hydrogens is 284 g/mol. The number of hydrogen-bond donors (Lipinski definition) is 0. The lowest BCUT2D eigenvalue weighted by molar-refractivity contribution is -0.118. The van der Waals surface area contributed by atoms with Crippen molar-refractivity contribution < 1.29 is 4.79 Å². The summed E-state index contributed by atoms with van der Waals surface area (Å²) >= 11 is 0. The van der Waals surface area contributed by atoms with Gasteiger partial charge in [-0.15, -0.1) is 0 Å². The Morgan fingerprint density at radius 3 is 2.22 bits per heavy atom. The fourth-order valence-corrected chi connectivity index (χ4v) is 4.44. The van der Waals surface area contributed by atoms with Gasteiger partial charge < -0.3 is 4.90 Å². The summed E-state index contributed by atoms with van der Waals surface area (Å²) in [5.41, 5.74) is 2.88. The highest BCUT2D eigenvalue weighted by Crippen LogP contribution is 2.57. The van der Waals surface area contributed by atoms with E-state index in [2.05, 4.69) is 49.9 Å². The van der Waals surface area contributed by atoms with Crippen LogP contribution in [0.1, 0.15) is 33.3 Å². The largest absolute Gasteiger partial charge is 0.336 e. The van der Waals surface area contributed by atoms with Gasteiger partial charge in [0.05, 0.1) is 0 Å². The van der Waals surface area contributed by atoms with Crippen molar-refractivity contribution in [1.29, 1.82) is 0 Å². The van der Waals surface area contributed by atoms with E-state index in [9.17, 15) is 4.79 Å². The number of benzene rings is 2. The van der Waals surface area contributed by atoms with Gasteiger partial charge in [0, 0.05) is 16.8 Å². The van der Waals surface area contributed by atoms with Crippen LogP contribution >= 0.6 is 0 Å². The Hall–Kier alpha value is -2.29. The Kier molecular flexibility index (Phi) is 2.72. The fourth-order valence-electron chi connectivity index (χ4n) is 4.44. The molecule has 2 aromatic carbocycles. The summed E-state index contributed by atoms with van der Waals surface area (Å²) in [5.74, 6) is 0.168. The second kappa shape index (κ2) is 4.38. The first-order valence-electron chi connectivity index (χ1n) is 8.18. The van der Waals surface area contributed by atoms with E-state index in [4.69, 9.17) is 0 Å². The molecule has 0 bridgehead atoms. The minimum Gasteiger partial charge on any atom is -0.336 e. The predicted octanol–water partition coefficient (Wildman–Crippen LogP) is 3.94. The van der Waals surface area contributed by atoms with E-state index in [1.54, 1.807) is 0 Å². The predicted molar refractivity (Wildman–Crippen MR) is 93.7 cm³/mol. The highest BCUT2D eigenvalue weighted by molar-refractivity contribution is 6.06. The van der Waals surface area contributed by atoms with Gasteiger partial charge in [-0.1, -0.05) is 50.2 Å². The number of hydrogen-bond acceptors (Lipinski definition) is 2. The topological polar surface area (TPSA) is 23.6 Å². The molecule has 0 aromatic heterocycles. The molecule has 2 unspecified atom stereocenters. The lowest BCUT2D eigenvalue weighted by atomic mass is 9.76. The molecule has 2 aliphatic rings. The Bertz CT molecular complexity index is 783. The third kappa shape index (κ3) is 1.52. The Morgan fingerprint density at radius 1 is 0.913 bits per heavy atom. The Morgan fingerprint density at radius 2 is 1.52 bits per heavy atom. The van der Waals surface area contributed by atoms with Crippen LogP contribution in [0.25, 0.3) is 0 Å². The maximum atomic E-state index is 13.1. The second-order valence-electron chi connectivity index (χ2n) is 7.22. The molecule has 1 saturated heterocycles. The average molecular weight is 306 g/mol. The number of carbonyl (C=O) groups is 1. The third-order valence-corrected chi connectivity index (χ3v) is 5.90. The van der Waals surface area contributed by atoms with Crippen LogP contribution in [0.4, 0.5) is 11.4 Å². The molecule has 0 radical (unpaired) electrons. The number of amides is 1. The van der Waals surface area contributed by atoms with Crippen LogP contribution in [0.5, 0.6) is 0 Å². The standard InChI is InChI=1S/C20H22N2O/c1-14-18(23)22(15-10-6-5-7-11-15)20(4)19(2,3)16-12-8-9-13-17(16)21(14)20/h5-14H,1-4H3. The van der Waals surface area contributed by atoms with E-state index in [1.807, 2.05) is 42.2 Å². The van der Waals surface area contributed by atoms with Crippen LogP contribution in [0, 0.1) is 0 Å². The van der Waals surface area contributed by atoms with Crippen LogP contribution < -0.4 is 9.80 Å². The highest BCUT2D eigenvalue weighted by Gasteiger charge is 2.65. The van der Waals surface area contributed by atoms with Crippen molar-refractivity contribution in [1.82, 2.24) is 0 Å². The number of nitrogens with zero attached hydrogens (tertiary/aromatic N) is 2. The molecule has 3 heteroatoms. The lowest BCUT2D eigenvalue weighted by Gasteiger charge is -2.46. The third-order valence-electron chi connectivity index (χ3n) is 5.90. The van der Waals surface area contributed by atoms with Gasteiger partial charge >= 0.3 is 0 Å². The molecule has 2 heterocycles. The molecule has 3 nitrogen and oxygen atoms in total. The van der Waals surface area contributed by atoms with E-state index in [1.165, 1.54) is 11.3 Å². The number of para-hydroxylation sites is 2. The van der Waals surface area contributed by atoms with Gasteiger partial charge in [-0.05, 0) is 37.6 Å². The maximum Gasteiger partial charge on any atom is 0.251 e. The quantitative estimate of drug-likeness (QED) is 0.797. The maximum absolute atomic E-state index is 13.1. The van der Waals surface area contributed by atoms with Crippen LogP contribution in [0.3, 0.4) is 0 Å². The zero-order chi connectivity index (χ0) is 16.4. The summed E-state index contributed by atoms with van der Waals surface area (Å²) < 4.78 is 0. The van der Waals surface area contributed by atoms with Crippen molar-refractivity contribution in [3.05, 3.63) is 60.2 Å². The number of rotatable bonds is 1. The van der Waals surface area contributed by atoms with E-state index >= 15 is 0 Å². The Labute approximate surface area is 137 Å². The molecule has 0 N–H and O–H groups in total. The smallest absolute Gasteiger partial charge is 0.251 e. The molecule has 4 rings (SSSR count). The molecule has 2 aliphatic heterocycles. The number of carbonyl (C=O) groups excluding carboxylic acids is 1. The SMILES string of the molecule is CC1C(=O)N(c2ccccc2)C2(C)N1c1ccccc1C2(C)C. The van der Waals surface area contributed by atoms with E-state index in [0.29, 0.717) is 0 Å². The zero-order valence-electron chi connectivity index (χ0n) is 14.1. The fraction of sp³-hybridized carbons (Fsp3) is 0.350. The molecule has 2 atom stereocenters. The summed E-state index contributed by atoms with van der Waals surface area (Å²) in [6, 6.07) is 18.3. The summed E-state index contributed by atoms with van der Waals surface area (Å²) in [7, 11) is 0. The first-order valence-corrected chi connectivity index (χ1v) is 8.18. The normalized spacial score (nSPS) is 28.0. The molecule has 118 valence electrons. The minimum atomic E-state index is -0.408. The van der Waals surface area contributed by atoms with Gasteiger partial charge in [-0.3, -0.25) is 9.69 Å². The molecule has 0 spiro atoms. The molecular formula is C20H22N2O. The van der Waals surface area contributed by atoms with Crippen molar-refractivity contribution in [2.75, 3.05) is 9.80 Å². The van der Waals surface area contributed by atoms with Crippen LogP contribution in [-0.2, 0) is 10.2 Å². The number of fused-ring (bicyclic) bond motifs is 3. The second-order valence-corrected chi connectivity index (χ2v) is 7.22. The zero-order valence-corrected chi connectivity index (χ0v) is 14.1. The van der Waals surface area contributed by atoms with Crippen molar-refractivity contribution in [2.45, 2.75) is 44.8 Å². The van der Waals surface area contributed by atoms with Crippen LogP contribution in [0.2, 0.25) is 0 Å². The Balaban J connectivity index is 1.99. The van der Waals surface area contributed by atoms with Crippen molar-refractivity contribution in [2.24, 2.45) is 0 Å². The summed E-state index contributed by atoms with van der Waals surface area (Å²) in [6.07, 6.45) is 0. The van der Waals surface area contributed by atoms with Crippen molar-refractivity contribution >= 4 is 17.3 Å². The van der Waals surface area contributed by atoms with E-state index in [0.717, 1.165) is 5.69 Å². The first-order chi connectivity index (χ1) is 10.9. The van der Waals surface area contributed by atoms with Crippen LogP contribution in [-0.4, -0.2) is 17.6 Å².